The van der Waals surface area contributed by atoms with Gasteiger partial charge in [0.1, 0.15) is 6.04 Å². The Balaban J connectivity index is 2.10. The SMILES string of the molecule is Cc1nc(N[C@H]2CCN(C)C2=O)nnc1Cl. The van der Waals surface area contributed by atoms with Gasteiger partial charge >= 0.3 is 0 Å². The Morgan fingerprint density at radius 2 is 2.25 bits per heavy atom. The Hall–Kier alpha value is -1.43. The Labute approximate surface area is 98.0 Å². The highest BCUT2D eigenvalue weighted by Crippen LogP contribution is 2.14. The molecule has 0 bridgehead atoms. The fraction of sp³-hybridized carbons (Fsp3) is 0.556. The van der Waals surface area contributed by atoms with E-state index in [-0.39, 0.29) is 17.1 Å². The molecule has 1 amide bonds. The van der Waals surface area contributed by atoms with E-state index in [2.05, 4.69) is 20.5 Å². The lowest BCUT2D eigenvalue weighted by atomic mass is 10.2. The number of halogens is 1. The zero-order valence-electron chi connectivity index (χ0n) is 9.07. The van der Waals surface area contributed by atoms with Crippen LogP contribution in [0.25, 0.3) is 0 Å². The minimum absolute atomic E-state index is 0.0520. The molecule has 1 aromatic heterocycles. The molecule has 16 heavy (non-hydrogen) atoms. The maximum atomic E-state index is 11.6. The van der Waals surface area contributed by atoms with E-state index in [0.717, 1.165) is 13.0 Å². The van der Waals surface area contributed by atoms with Gasteiger partial charge in [0.2, 0.25) is 11.9 Å². The number of likely N-dealkylation sites (tertiary alicyclic amines) is 1. The fourth-order valence-corrected chi connectivity index (χ4v) is 1.64. The van der Waals surface area contributed by atoms with Crippen molar-refractivity contribution in [2.75, 3.05) is 18.9 Å². The number of aryl methyl sites for hydroxylation is 1. The molecular formula is C9H12ClN5O. The van der Waals surface area contributed by atoms with Crippen molar-refractivity contribution in [2.24, 2.45) is 0 Å². The van der Waals surface area contributed by atoms with Crippen molar-refractivity contribution < 1.29 is 4.79 Å². The van der Waals surface area contributed by atoms with E-state index in [0.29, 0.717) is 11.6 Å². The Bertz CT molecular complexity index is 424. The zero-order valence-corrected chi connectivity index (χ0v) is 9.82. The molecule has 1 N–H and O–H groups in total. The molecule has 0 unspecified atom stereocenters. The lowest BCUT2D eigenvalue weighted by Crippen LogP contribution is -2.31. The molecule has 2 rings (SSSR count). The molecule has 6 nitrogen and oxygen atoms in total. The van der Waals surface area contributed by atoms with Crippen LogP contribution in [0.15, 0.2) is 0 Å². The monoisotopic (exact) mass is 241 g/mol. The van der Waals surface area contributed by atoms with Gasteiger partial charge in [-0.3, -0.25) is 4.79 Å². The molecule has 7 heteroatoms. The predicted molar refractivity (Wildman–Crippen MR) is 59.2 cm³/mol. The number of likely N-dealkylation sites (N-methyl/N-ethyl adjacent to an activating group) is 1. The summed E-state index contributed by atoms with van der Waals surface area (Å²) in [7, 11) is 1.77. The van der Waals surface area contributed by atoms with E-state index in [9.17, 15) is 4.79 Å². The molecule has 1 aliphatic heterocycles. The molecule has 1 saturated heterocycles. The number of anilines is 1. The van der Waals surface area contributed by atoms with Crippen LogP contribution in [0, 0.1) is 6.92 Å². The molecule has 86 valence electrons. The number of aromatic nitrogens is 3. The summed E-state index contributed by atoms with van der Waals surface area (Å²) in [5, 5.41) is 10.8. The van der Waals surface area contributed by atoms with E-state index >= 15 is 0 Å². The first-order valence-corrected chi connectivity index (χ1v) is 5.34. The molecule has 0 aliphatic carbocycles. The largest absolute Gasteiger partial charge is 0.344 e. The summed E-state index contributed by atoms with van der Waals surface area (Å²) in [6.07, 6.45) is 0.750. The number of rotatable bonds is 2. The number of amides is 1. The second-order valence-corrected chi connectivity index (χ2v) is 4.12. The minimum atomic E-state index is -0.257. The van der Waals surface area contributed by atoms with Crippen molar-refractivity contribution in [3.63, 3.8) is 0 Å². The van der Waals surface area contributed by atoms with Crippen LogP contribution in [-0.4, -0.2) is 45.6 Å². The molecule has 0 saturated carbocycles. The first-order valence-electron chi connectivity index (χ1n) is 4.96. The second kappa shape index (κ2) is 4.21. The van der Waals surface area contributed by atoms with Crippen LogP contribution in [0.2, 0.25) is 5.15 Å². The van der Waals surface area contributed by atoms with Gasteiger partial charge < -0.3 is 10.2 Å². The molecule has 0 radical (unpaired) electrons. The highest BCUT2D eigenvalue weighted by atomic mass is 35.5. The zero-order chi connectivity index (χ0) is 11.7. The lowest BCUT2D eigenvalue weighted by molar-refractivity contribution is -0.127. The maximum Gasteiger partial charge on any atom is 0.244 e. The van der Waals surface area contributed by atoms with Crippen LogP contribution in [0.3, 0.4) is 0 Å². The van der Waals surface area contributed by atoms with Gasteiger partial charge in [0.25, 0.3) is 0 Å². The molecule has 0 aromatic carbocycles. The van der Waals surface area contributed by atoms with Gasteiger partial charge in [0.15, 0.2) is 5.15 Å². The van der Waals surface area contributed by atoms with E-state index < -0.39 is 0 Å². The quantitative estimate of drug-likeness (QED) is 0.815. The minimum Gasteiger partial charge on any atom is -0.344 e. The fourth-order valence-electron chi connectivity index (χ4n) is 1.56. The average molecular weight is 242 g/mol. The van der Waals surface area contributed by atoms with E-state index in [1.165, 1.54) is 0 Å². The van der Waals surface area contributed by atoms with Gasteiger partial charge in [-0.1, -0.05) is 11.6 Å². The van der Waals surface area contributed by atoms with Crippen molar-refractivity contribution in [2.45, 2.75) is 19.4 Å². The lowest BCUT2D eigenvalue weighted by Gasteiger charge is -2.11. The summed E-state index contributed by atoms with van der Waals surface area (Å²) in [6.45, 7) is 2.49. The van der Waals surface area contributed by atoms with Crippen LogP contribution in [-0.2, 0) is 4.79 Å². The normalized spacial score (nSPS) is 20.3. The van der Waals surface area contributed by atoms with Crippen molar-refractivity contribution in [3.8, 4) is 0 Å². The van der Waals surface area contributed by atoms with Gasteiger partial charge in [0, 0.05) is 13.6 Å². The van der Waals surface area contributed by atoms with E-state index in [1.54, 1.807) is 18.9 Å². The number of carbonyl (C=O) groups is 1. The van der Waals surface area contributed by atoms with E-state index in [4.69, 9.17) is 11.6 Å². The van der Waals surface area contributed by atoms with Gasteiger partial charge in [-0.05, 0) is 13.3 Å². The summed E-state index contributed by atoms with van der Waals surface area (Å²) < 4.78 is 0. The Kier molecular flexibility index (Phi) is 2.91. The molecule has 1 aliphatic rings. The van der Waals surface area contributed by atoms with Crippen LogP contribution in [0.1, 0.15) is 12.1 Å². The second-order valence-electron chi connectivity index (χ2n) is 3.76. The Morgan fingerprint density at radius 3 is 2.81 bits per heavy atom. The van der Waals surface area contributed by atoms with Crippen LogP contribution in [0.4, 0.5) is 5.95 Å². The first-order chi connectivity index (χ1) is 7.58. The van der Waals surface area contributed by atoms with Gasteiger partial charge in [-0.25, -0.2) is 4.98 Å². The van der Waals surface area contributed by atoms with Crippen molar-refractivity contribution in [1.29, 1.82) is 0 Å². The van der Waals surface area contributed by atoms with Crippen molar-refractivity contribution in [1.82, 2.24) is 20.1 Å². The topological polar surface area (TPSA) is 71.0 Å². The first kappa shape index (κ1) is 11.1. The van der Waals surface area contributed by atoms with Gasteiger partial charge in [0.05, 0.1) is 5.69 Å². The van der Waals surface area contributed by atoms with Crippen LogP contribution >= 0.6 is 11.6 Å². The summed E-state index contributed by atoms with van der Waals surface area (Å²) >= 11 is 5.71. The van der Waals surface area contributed by atoms with Gasteiger partial charge in [-0.15, -0.1) is 10.2 Å². The van der Waals surface area contributed by atoms with E-state index in [1.807, 2.05) is 0 Å². The number of hydrogen-bond acceptors (Lipinski definition) is 5. The smallest absolute Gasteiger partial charge is 0.244 e. The molecule has 2 heterocycles. The van der Waals surface area contributed by atoms with Crippen molar-refractivity contribution >= 4 is 23.5 Å². The average Bonchev–Trinajstić information content (AvgIpc) is 2.55. The Morgan fingerprint density at radius 1 is 1.50 bits per heavy atom. The molecule has 1 fully saturated rings. The summed E-state index contributed by atoms with van der Waals surface area (Å²) in [5.74, 6) is 0.395. The third-order valence-electron chi connectivity index (χ3n) is 2.54. The third kappa shape index (κ3) is 2.06. The summed E-state index contributed by atoms with van der Waals surface area (Å²) in [5.41, 5.74) is 0.595. The predicted octanol–water partition coefficient (Wildman–Crippen LogP) is 0.476. The third-order valence-corrected chi connectivity index (χ3v) is 2.88. The van der Waals surface area contributed by atoms with Crippen LogP contribution < -0.4 is 5.32 Å². The van der Waals surface area contributed by atoms with Crippen LogP contribution in [0.5, 0.6) is 0 Å². The summed E-state index contributed by atoms with van der Waals surface area (Å²) in [6, 6.07) is -0.257. The standard InChI is InChI=1S/C9H12ClN5O/c1-5-7(10)13-14-9(11-5)12-6-3-4-15(2)8(6)16/h6H,3-4H2,1-2H3,(H,11,12,14)/t6-/m0/s1. The highest BCUT2D eigenvalue weighted by molar-refractivity contribution is 6.29. The number of hydrogen-bond donors (Lipinski definition) is 1. The summed E-state index contributed by atoms with van der Waals surface area (Å²) in [4.78, 5) is 17.4. The molecular weight excluding hydrogens is 230 g/mol. The molecule has 0 spiro atoms. The number of carbonyl (C=O) groups excluding carboxylic acids is 1. The number of nitrogens with zero attached hydrogens (tertiary/aromatic N) is 4. The maximum absolute atomic E-state index is 11.6. The highest BCUT2D eigenvalue weighted by Gasteiger charge is 2.29. The van der Waals surface area contributed by atoms with Crippen molar-refractivity contribution in [3.05, 3.63) is 10.8 Å². The van der Waals surface area contributed by atoms with Gasteiger partial charge in [-0.2, -0.15) is 0 Å². The molecule has 1 atom stereocenters. The number of nitrogens with one attached hydrogen (secondary N) is 1. The molecule has 1 aromatic rings.